The maximum atomic E-state index is 14.2. The molecule has 0 aliphatic rings. The summed E-state index contributed by atoms with van der Waals surface area (Å²) >= 11 is 0. The third-order valence-electron chi connectivity index (χ3n) is 6.57. The van der Waals surface area contributed by atoms with E-state index in [-0.39, 0.29) is 17.3 Å². The highest BCUT2D eigenvalue weighted by Gasteiger charge is 2.34. The molecule has 0 unspecified atom stereocenters. The largest absolute Gasteiger partial charge is 0.497 e. The van der Waals surface area contributed by atoms with Gasteiger partial charge in [-0.2, -0.15) is 0 Å². The number of nitrogens with zero attached hydrogens (tertiary/aromatic N) is 2. The number of benzene rings is 3. The summed E-state index contributed by atoms with van der Waals surface area (Å²) in [4.78, 5) is 29.1. The highest BCUT2D eigenvalue weighted by molar-refractivity contribution is 7.92. The molecule has 0 saturated carbocycles. The molecule has 0 aliphatic heterocycles. The molecule has 0 spiro atoms. The van der Waals surface area contributed by atoms with Gasteiger partial charge in [0.15, 0.2) is 0 Å². The van der Waals surface area contributed by atoms with E-state index in [4.69, 9.17) is 4.74 Å². The smallest absolute Gasteiger partial charge is 0.264 e. The fourth-order valence-corrected chi connectivity index (χ4v) is 5.91. The quantitative estimate of drug-likeness (QED) is 0.336. The SMILES string of the molecule is CC[C@@H](C(=O)NC(C)(C)C)N(Cc1cccc(C)c1)C(=O)CN(c1ccc(OC)cc1)S(=O)(=O)c1ccc(C)cc1. The Kier molecular flexibility index (Phi) is 10.2. The number of ether oxygens (including phenoxy) is 1. The summed E-state index contributed by atoms with van der Waals surface area (Å²) in [5.74, 6) is -0.231. The minimum Gasteiger partial charge on any atom is -0.497 e. The Hall–Kier alpha value is -3.85. The fourth-order valence-electron chi connectivity index (χ4n) is 4.49. The van der Waals surface area contributed by atoms with Crippen LogP contribution in [-0.2, 0) is 26.2 Å². The fraction of sp³-hybridized carbons (Fsp3) is 0.375. The van der Waals surface area contributed by atoms with Crippen molar-refractivity contribution in [2.24, 2.45) is 0 Å². The average Bonchev–Trinajstić information content (AvgIpc) is 2.90. The maximum Gasteiger partial charge on any atom is 0.264 e. The van der Waals surface area contributed by atoms with Crippen molar-refractivity contribution in [2.45, 2.75) is 71.0 Å². The lowest BCUT2D eigenvalue weighted by atomic mass is 10.0. The van der Waals surface area contributed by atoms with Gasteiger partial charge in [0.05, 0.1) is 17.7 Å². The summed E-state index contributed by atoms with van der Waals surface area (Å²) in [6.07, 6.45) is 0.354. The predicted molar refractivity (Wildman–Crippen MR) is 162 cm³/mol. The lowest BCUT2D eigenvalue weighted by Gasteiger charge is -2.35. The van der Waals surface area contributed by atoms with Crippen molar-refractivity contribution in [1.82, 2.24) is 10.2 Å². The number of aryl methyl sites for hydroxylation is 2. The van der Waals surface area contributed by atoms with Gasteiger partial charge in [-0.15, -0.1) is 0 Å². The molecule has 2 amide bonds. The number of carbonyl (C=O) groups excluding carboxylic acids is 2. The van der Waals surface area contributed by atoms with E-state index in [0.717, 1.165) is 21.0 Å². The van der Waals surface area contributed by atoms with E-state index < -0.39 is 34.1 Å². The molecule has 1 N–H and O–H groups in total. The van der Waals surface area contributed by atoms with Gasteiger partial charge in [0, 0.05) is 12.1 Å². The van der Waals surface area contributed by atoms with Crippen LogP contribution in [0.3, 0.4) is 0 Å². The zero-order valence-corrected chi connectivity index (χ0v) is 25.8. The van der Waals surface area contributed by atoms with E-state index in [2.05, 4.69) is 5.32 Å². The maximum absolute atomic E-state index is 14.2. The van der Waals surface area contributed by atoms with E-state index in [1.54, 1.807) is 36.4 Å². The van der Waals surface area contributed by atoms with Crippen molar-refractivity contribution < 1.29 is 22.7 Å². The standard InChI is InChI=1S/C32H41N3O5S/c1-8-29(31(37)33-32(4,5)6)34(21-25-11-9-10-24(3)20-25)30(36)22-35(26-14-16-27(40-7)17-15-26)41(38,39)28-18-12-23(2)13-19-28/h9-20,29H,8,21-22H2,1-7H3,(H,33,37)/t29-/m0/s1. The summed E-state index contributed by atoms with van der Waals surface area (Å²) in [6.45, 7) is 11.0. The number of rotatable bonds is 11. The minimum absolute atomic E-state index is 0.0643. The van der Waals surface area contributed by atoms with Crippen LogP contribution in [-0.4, -0.2) is 50.4 Å². The van der Waals surface area contributed by atoms with Crippen LogP contribution in [0.15, 0.2) is 77.7 Å². The van der Waals surface area contributed by atoms with Crippen LogP contribution in [0, 0.1) is 13.8 Å². The summed E-state index contributed by atoms with van der Waals surface area (Å²) in [5, 5.41) is 2.98. The van der Waals surface area contributed by atoms with Crippen molar-refractivity contribution >= 4 is 27.5 Å². The Bertz CT molecular complexity index is 1450. The van der Waals surface area contributed by atoms with Gasteiger partial charge in [-0.25, -0.2) is 8.42 Å². The molecule has 9 heteroatoms. The van der Waals surface area contributed by atoms with Crippen LogP contribution in [0.2, 0.25) is 0 Å². The van der Waals surface area contributed by atoms with Crippen LogP contribution in [0.25, 0.3) is 0 Å². The first-order valence-electron chi connectivity index (χ1n) is 13.7. The molecule has 0 radical (unpaired) electrons. The van der Waals surface area contributed by atoms with Gasteiger partial charge in [-0.05, 0) is 83.0 Å². The van der Waals surface area contributed by atoms with E-state index in [0.29, 0.717) is 17.9 Å². The first kappa shape index (κ1) is 31.7. The first-order chi connectivity index (χ1) is 19.2. The lowest BCUT2D eigenvalue weighted by molar-refractivity contribution is -0.141. The summed E-state index contributed by atoms with van der Waals surface area (Å²) in [5.41, 5.74) is 2.58. The minimum atomic E-state index is -4.14. The zero-order valence-electron chi connectivity index (χ0n) is 25.0. The van der Waals surface area contributed by atoms with E-state index in [1.165, 1.54) is 24.1 Å². The third-order valence-corrected chi connectivity index (χ3v) is 8.36. The monoisotopic (exact) mass is 579 g/mol. The Morgan fingerprint density at radius 3 is 2.10 bits per heavy atom. The Labute approximate surface area is 244 Å². The lowest BCUT2D eigenvalue weighted by Crippen LogP contribution is -2.55. The predicted octanol–water partition coefficient (Wildman–Crippen LogP) is 5.23. The Morgan fingerprint density at radius 1 is 0.927 bits per heavy atom. The highest BCUT2D eigenvalue weighted by atomic mass is 32.2. The van der Waals surface area contributed by atoms with Crippen molar-refractivity contribution in [3.63, 3.8) is 0 Å². The third kappa shape index (κ3) is 8.33. The Morgan fingerprint density at radius 2 is 1.56 bits per heavy atom. The van der Waals surface area contributed by atoms with Crippen LogP contribution in [0.4, 0.5) is 5.69 Å². The number of hydrogen-bond acceptors (Lipinski definition) is 5. The molecular formula is C32H41N3O5S. The Balaban J connectivity index is 2.08. The molecule has 8 nitrogen and oxygen atoms in total. The van der Waals surface area contributed by atoms with Crippen molar-refractivity contribution in [1.29, 1.82) is 0 Å². The molecule has 0 saturated heterocycles. The number of methoxy groups -OCH3 is 1. The van der Waals surface area contributed by atoms with E-state index >= 15 is 0 Å². The van der Waals surface area contributed by atoms with Crippen LogP contribution in [0.5, 0.6) is 5.75 Å². The van der Waals surface area contributed by atoms with Crippen molar-refractivity contribution in [3.05, 3.63) is 89.5 Å². The van der Waals surface area contributed by atoms with Gasteiger partial charge >= 0.3 is 0 Å². The first-order valence-corrected chi connectivity index (χ1v) is 15.1. The second kappa shape index (κ2) is 13.2. The second-order valence-electron chi connectivity index (χ2n) is 11.2. The van der Waals surface area contributed by atoms with Crippen molar-refractivity contribution in [3.8, 4) is 5.75 Å². The normalized spacial score (nSPS) is 12.4. The molecule has 3 rings (SSSR count). The number of anilines is 1. The van der Waals surface area contributed by atoms with Gasteiger partial charge < -0.3 is 15.0 Å². The van der Waals surface area contributed by atoms with Gasteiger partial charge in [0.1, 0.15) is 18.3 Å². The number of nitrogens with one attached hydrogen (secondary N) is 1. The number of carbonyl (C=O) groups is 2. The number of sulfonamides is 1. The average molecular weight is 580 g/mol. The zero-order chi connectivity index (χ0) is 30.4. The van der Waals surface area contributed by atoms with Crippen LogP contribution < -0.4 is 14.4 Å². The summed E-state index contributed by atoms with van der Waals surface area (Å²) in [6, 6.07) is 19.9. The van der Waals surface area contributed by atoms with E-state index in [1.807, 2.05) is 65.8 Å². The van der Waals surface area contributed by atoms with Gasteiger partial charge in [0.2, 0.25) is 11.8 Å². The molecule has 0 aliphatic carbocycles. The summed E-state index contributed by atoms with van der Waals surface area (Å²) < 4.78 is 34.3. The molecule has 3 aromatic rings. The molecule has 220 valence electrons. The number of hydrogen-bond donors (Lipinski definition) is 1. The second-order valence-corrected chi connectivity index (χ2v) is 13.1. The molecule has 0 heterocycles. The van der Waals surface area contributed by atoms with Gasteiger partial charge in [0.25, 0.3) is 10.0 Å². The summed E-state index contributed by atoms with van der Waals surface area (Å²) in [7, 11) is -2.61. The van der Waals surface area contributed by atoms with Crippen LogP contribution >= 0.6 is 0 Å². The molecule has 41 heavy (non-hydrogen) atoms. The molecule has 0 fully saturated rings. The molecule has 0 aromatic heterocycles. The highest BCUT2D eigenvalue weighted by Crippen LogP contribution is 2.27. The van der Waals surface area contributed by atoms with Gasteiger partial charge in [-0.3, -0.25) is 13.9 Å². The molecule has 1 atom stereocenters. The topological polar surface area (TPSA) is 96.0 Å². The number of amides is 2. The van der Waals surface area contributed by atoms with Crippen molar-refractivity contribution in [2.75, 3.05) is 18.0 Å². The molecule has 3 aromatic carbocycles. The van der Waals surface area contributed by atoms with Crippen LogP contribution in [0.1, 0.15) is 50.8 Å². The molecule has 0 bridgehead atoms. The van der Waals surface area contributed by atoms with Gasteiger partial charge in [-0.1, -0.05) is 54.4 Å². The van der Waals surface area contributed by atoms with E-state index in [9.17, 15) is 18.0 Å². The molecular weight excluding hydrogens is 538 g/mol.